The van der Waals surface area contributed by atoms with Crippen LogP contribution in [0.1, 0.15) is 11.6 Å². The van der Waals surface area contributed by atoms with Crippen LogP contribution in [0, 0.1) is 21.4 Å². The van der Waals surface area contributed by atoms with Crippen molar-refractivity contribution in [2.45, 2.75) is 6.04 Å². The first-order chi connectivity index (χ1) is 6.56. The molecule has 1 atom stereocenters. The smallest absolute Gasteiger partial charge is 0.276 e. The molecule has 1 rings (SSSR count). The standard InChI is InChI=1S/C8H6ClN3O2/c9-5-1-2-6(7(11)4-10)8(3-5)12(13)14/h1-3,7H,11H2/t7-/m0/s1. The Balaban J connectivity index is 3.30. The SMILES string of the molecule is N#C[C@H](N)c1ccc(Cl)cc1[N+](=O)[O-]. The van der Waals surface area contributed by atoms with Crippen LogP contribution >= 0.6 is 11.6 Å². The van der Waals surface area contributed by atoms with Crippen molar-refractivity contribution in [3.05, 3.63) is 38.9 Å². The van der Waals surface area contributed by atoms with Gasteiger partial charge in [-0.05, 0) is 12.1 Å². The molecular weight excluding hydrogens is 206 g/mol. The van der Waals surface area contributed by atoms with Crippen molar-refractivity contribution in [3.63, 3.8) is 0 Å². The lowest BCUT2D eigenvalue weighted by Gasteiger charge is -2.03. The Labute approximate surface area is 84.8 Å². The van der Waals surface area contributed by atoms with Crippen LogP contribution in [0.25, 0.3) is 0 Å². The van der Waals surface area contributed by atoms with Gasteiger partial charge in [0.2, 0.25) is 0 Å². The number of nitrogens with zero attached hydrogens (tertiary/aromatic N) is 2. The zero-order valence-electron chi connectivity index (χ0n) is 6.98. The summed E-state index contributed by atoms with van der Waals surface area (Å²) in [6.07, 6.45) is 0. The minimum Gasteiger partial charge on any atom is -0.312 e. The fourth-order valence-corrected chi connectivity index (χ4v) is 1.17. The van der Waals surface area contributed by atoms with Gasteiger partial charge in [0, 0.05) is 11.1 Å². The molecule has 0 unspecified atom stereocenters. The van der Waals surface area contributed by atoms with Gasteiger partial charge in [-0.1, -0.05) is 11.6 Å². The Morgan fingerprint density at radius 1 is 1.64 bits per heavy atom. The van der Waals surface area contributed by atoms with Gasteiger partial charge >= 0.3 is 0 Å². The van der Waals surface area contributed by atoms with Gasteiger partial charge in [-0.3, -0.25) is 10.1 Å². The zero-order valence-corrected chi connectivity index (χ0v) is 7.73. The van der Waals surface area contributed by atoms with Gasteiger partial charge in [-0.25, -0.2) is 0 Å². The number of halogens is 1. The van der Waals surface area contributed by atoms with E-state index >= 15 is 0 Å². The first-order valence-electron chi connectivity index (χ1n) is 3.65. The second kappa shape index (κ2) is 4.05. The van der Waals surface area contributed by atoms with E-state index in [0.717, 1.165) is 0 Å². The maximum Gasteiger partial charge on any atom is 0.276 e. The molecule has 0 amide bonds. The summed E-state index contributed by atoms with van der Waals surface area (Å²) < 4.78 is 0. The number of benzene rings is 1. The quantitative estimate of drug-likeness (QED) is 0.596. The van der Waals surface area contributed by atoms with Crippen LogP contribution in [0.4, 0.5) is 5.69 Å². The second-order valence-electron chi connectivity index (χ2n) is 2.57. The molecule has 72 valence electrons. The summed E-state index contributed by atoms with van der Waals surface area (Å²) in [6.45, 7) is 0. The highest BCUT2D eigenvalue weighted by atomic mass is 35.5. The highest BCUT2D eigenvalue weighted by Gasteiger charge is 2.19. The van der Waals surface area contributed by atoms with E-state index in [2.05, 4.69) is 0 Å². The summed E-state index contributed by atoms with van der Waals surface area (Å²) in [6, 6.07) is 4.74. The summed E-state index contributed by atoms with van der Waals surface area (Å²) in [5.74, 6) is 0. The number of rotatable bonds is 2. The number of nitro groups is 1. The van der Waals surface area contributed by atoms with Crippen molar-refractivity contribution < 1.29 is 4.92 Å². The number of hydrogen-bond donors (Lipinski definition) is 1. The Hall–Kier alpha value is -1.64. The lowest BCUT2D eigenvalue weighted by Crippen LogP contribution is -2.09. The van der Waals surface area contributed by atoms with Crippen molar-refractivity contribution in [1.29, 1.82) is 5.26 Å². The van der Waals surface area contributed by atoms with Crippen LogP contribution in [0.5, 0.6) is 0 Å². The normalized spacial score (nSPS) is 11.8. The summed E-state index contributed by atoms with van der Waals surface area (Å²) in [5.41, 5.74) is 5.31. The van der Waals surface area contributed by atoms with Crippen molar-refractivity contribution in [1.82, 2.24) is 0 Å². The fraction of sp³-hybridized carbons (Fsp3) is 0.125. The molecule has 6 heteroatoms. The molecule has 0 fully saturated rings. The molecule has 0 bridgehead atoms. The average molecular weight is 212 g/mol. The summed E-state index contributed by atoms with van der Waals surface area (Å²) >= 11 is 5.58. The average Bonchev–Trinajstić information content (AvgIpc) is 2.16. The first kappa shape index (κ1) is 10.4. The van der Waals surface area contributed by atoms with Crippen molar-refractivity contribution in [2.24, 2.45) is 5.73 Å². The third-order valence-corrected chi connectivity index (χ3v) is 1.90. The fourth-order valence-electron chi connectivity index (χ4n) is 1.01. The Bertz CT molecular complexity index is 414. The first-order valence-corrected chi connectivity index (χ1v) is 4.03. The Kier molecular flexibility index (Phi) is 3.02. The monoisotopic (exact) mass is 211 g/mol. The van der Waals surface area contributed by atoms with Crippen LogP contribution in [-0.4, -0.2) is 4.92 Å². The lowest BCUT2D eigenvalue weighted by molar-refractivity contribution is -0.385. The minimum atomic E-state index is -1.01. The number of nitriles is 1. The number of hydrogen-bond acceptors (Lipinski definition) is 4. The van der Waals surface area contributed by atoms with Crippen molar-refractivity contribution in [2.75, 3.05) is 0 Å². The van der Waals surface area contributed by atoms with Gasteiger partial charge in [0.05, 0.1) is 16.6 Å². The molecular formula is C8H6ClN3O2. The van der Waals surface area contributed by atoms with E-state index < -0.39 is 11.0 Å². The third kappa shape index (κ3) is 1.99. The topological polar surface area (TPSA) is 93.0 Å². The molecule has 0 aliphatic heterocycles. The maximum absolute atomic E-state index is 10.6. The zero-order chi connectivity index (χ0) is 10.7. The van der Waals surface area contributed by atoms with E-state index in [9.17, 15) is 10.1 Å². The molecule has 1 aromatic carbocycles. The van der Waals surface area contributed by atoms with E-state index in [1.54, 1.807) is 6.07 Å². The summed E-state index contributed by atoms with van der Waals surface area (Å²) in [5, 5.41) is 19.4. The van der Waals surface area contributed by atoms with E-state index in [1.165, 1.54) is 18.2 Å². The molecule has 14 heavy (non-hydrogen) atoms. The molecule has 0 aliphatic rings. The van der Waals surface area contributed by atoms with Crippen LogP contribution < -0.4 is 5.73 Å². The van der Waals surface area contributed by atoms with Crippen molar-refractivity contribution in [3.8, 4) is 6.07 Å². The predicted molar refractivity (Wildman–Crippen MR) is 50.6 cm³/mol. The molecule has 0 saturated carbocycles. The molecule has 0 aromatic heterocycles. The van der Waals surface area contributed by atoms with Gasteiger partial charge in [0.15, 0.2) is 0 Å². The summed E-state index contributed by atoms with van der Waals surface area (Å²) in [4.78, 5) is 9.96. The van der Waals surface area contributed by atoms with Crippen LogP contribution in [0.15, 0.2) is 18.2 Å². The van der Waals surface area contributed by atoms with Gasteiger partial charge in [-0.2, -0.15) is 5.26 Å². The maximum atomic E-state index is 10.6. The van der Waals surface area contributed by atoms with E-state index in [-0.39, 0.29) is 16.3 Å². The van der Waals surface area contributed by atoms with Crippen LogP contribution in [0.3, 0.4) is 0 Å². The predicted octanol–water partition coefficient (Wildman–Crippen LogP) is 1.77. The lowest BCUT2D eigenvalue weighted by atomic mass is 10.1. The molecule has 1 aromatic rings. The molecule has 0 spiro atoms. The molecule has 0 heterocycles. The molecule has 0 saturated heterocycles. The third-order valence-electron chi connectivity index (χ3n) is 1.66. The van der Waals surface area contributed by atoms with Gasteiger partial charge in [-0.15, -0.1) is 0 Å². The Morgan fingerprint density at radius 2 is 2.29 bits per heavy atom. The molecule has 2 N–H and O–H groups in total. The number of nitro benzene ring substituents is 1. The molecule has 0 radical (unpaired) electrons. The van der Waals surface area contributed by atoms with E-state index in [1.807, 2.05) is 0 Å². The largest absolute Gasteiger partial charge is 0.312 e. The van der Waals surface area contributed by atoms with E-state index in [4.69, 9.17) is 22.6 Å². The molecule has 0 aliphatic carbocycles. The van der Waals surface area contributed by atoms with Crippen molar-refractivity contribution >= 4 is 17.3 Å². The van der Waals surface area contributed by atoms with Gasteiger partial charge in [0.1, 0.15) is 6.04 Å². The van der Waals surface area contributed by atoms with E-state index in [0.29, 0.717) is 0 Å². The summed E-state index contributed by atoms with van der Waals surface area (Å²) in [7, 11) is 0. The Morgan fingerprint density at radius 3 is 2.79 bits per heavy atom. The van der Waals surface area contributed by atoms with Gasteiger partial charge in [0.25, 0.3) is 5.69 Å². The number of nitrogens with two attached hydrogens (primary N) is 1. The highest BCUT2D eigenvalue weighted by Crippen LogP contribution is 2.26. The van der Waals surface area contributed by atoms with Gasteiger partial charge < -0.3 is 5.73 Å². The van der Waals surface area contributed by atoms with Crippen LogP contribution in [-0.2, 0) is 0 Å². The van der Waals surface area contributed by atoms with Crippen LogP contribution in [0.2, 0.25) is 5.02 Å². The molecule has 5 nitrogen and oxygen atoms in total. The minimum absolute atomic E-state index is 0.168. The second-order valence-corrected chi connectivity index (χ2v) is 3.00. The highest BCUT2D eigenvalue weighted by molar-refractivity contribution is 6.30.